The highest BCUT2D eigenvalue weighted by Crippen LogP contribution is 2.31. The Hall–Kier alpha value is -1.29. The van der Waals surface area contributed by atoms with Crippen LogP contribution in [0.1, 0.15) is 67.4 Å². The Morgan fingerprint density at radius 2 is 1.58 bits per heavy atom. The van der Waals surface area contributed by atoms with Crippen LogP contribution in [0.3, 0.4) is 0 Å². The molecule has 1 fully saturated rings. The van der Waals surface area contributed by atoms with Gasteiger partial charge in [0.2, 0.25) is 11.8 Å². The summed E-state index contributed by atoms with van der Waals surface area (Å²) >= 11 is 1.61. The van der Waals surface area contributed by atoms with E-state index in [1.807, 2.05) is 20.8 Å². The van der Waals surface area contributed by atoms with Gasteiger partial charge in [0.05, 0.1) is 5.25 Å². The summed E-state index contributed by atoms with van der Waals surface area (Å²) in [6, 6.07) is 10.6. The highest BCUT2D eigenvalue weighted by molar-refractivity contribution is 8.00. The Morgan fingerprint density at radius 1 is 1.04 bits per heavy atom. The van der Waals surface area contributed by atoms with Gasteiger partial charge in [-0.05, 0) is 43.4 Å². The fraction of sp³-hybridized carbons (Fsp3) is 0.636. The predicted octanol–water partition coefficient (Wildman–Crippen LogP) is 5.29. The van der Waals surface area contributed by atoms with Crippen molar-refractivity contribution in [2.45, 2.75) is 78.0 Å². The molecule has 1 heterocycles. The molecule has 3 nitrogen and oxygen atoms in total. The van der Waals surface area contributed by atoms with Crippen molar-refractivity contribution < 1.29 is 9.59 Å². The first kappa shape index (κ1) is 22.8. The van der Waals surface area contributed by atoms with Gasteiger partial charge in [0, 0.05) is 12.0 Å². The summed E-state index contributed by atoms with van der Waals surface area (Å²) in [5.74, 6) is 1.44. The van der Waals surface area contributed by atoms with E-state index in [0.717, 1.165) is 5.75 Å². The molecule has 4 heteroatoms. The van der Waals surface area contributed by atoms with Crippen LogP contribution in [0.4, 0.5) is 0 Å². The van der Waals surface area contributed by atoms with Crippen LogP contribution in [0.2, 0.25) is 0 Å². The van der Waals surface area contributed by atoms with Gasteiger partial charge in [-0.3, -0.25) is 14.5 Å². The number of hydrogen-bond donors (Lipinski definition) is 0. The number of carbonyl (C=O) groups excluding carboxylic acids is 2. The summed E-state index contributed by atoms with van der Waals surface area (Å²) in [5, 5.41) is -0.158. The average molecular weight is 378 g/mol. The van der Waals surface area contributed by atoms with E-state index in [-0.39, 0.29) is 22.6 Å². The SMILES string of the molecule is CC(C)(C)c1ccccc1.CC(C)CSC1CC(=O)N(C(C)(C)C)C1=O. The van der Waals surface area contributed by atoms with Crippen LogP contribution in [0.25, 0.3) is 0 Å². The summed E-state index contributed by atoms with van der Waals surface area (Å²) in [6.45, 7) is 16.6. The van der Waals surface area contributed by atoms with Crippen molar-refractivity contribution in [2.24, 2.45) is 5.92 Å². The second-order valence-corrected chi connectivity index (χ2v) is 10.5. The molecule has 0 aliphatic carbocycles. The van der Waals surface area contributed by atoms with Crippen molar-refractivity contribution in [3.05, 3.63) is 35.9 Å². The third-order valence-electron chi connectivity index (χ3n) is 4.05. The largest absolute Gasteiger partial charge is 0.276 e. The van der Waals surface area contributed by atoms with Gasteiger partial charge in [0.15, 0.2) is 0 Å². The lowest BCUT2D eigenvalue weighted by atomic mass is 9.87. The summed E-state index contributed by atoms with van der Waals surface area (Å²) < 4.78 is 0. The molecule has 0 N–H and O–H groups in total. The van der Waals surface area contributed by atoms with Crippen molar-refractivity contribution in [2.75, 3.05) is 5.75 Å². The number of nitrogens with zero attached hydrogens (tertiary/aromatic N) is 1. The molecule has 1 aromatic carbocycles. The Bertz CT molecular complexity index is 597. The van der Waals surface area contributed by atoms with E-state index < -0.39 is 0 Å². The second-order valence-electron chi connectivity index (χ2n) is 9.27. The van der Waals surface area contributed by atoms with Gasteiger partial charge in [0.1, 0.15) is 0 Å². The molecule has 1 unspecified atom stereocenters. The van der Waals surface area contributed by atoms with Crippen LogP contribution in [-0.2, 0) is 15.0 Å². The lowest BCUT2D eigenvalue weighted by Crippen LogP contribution is -2.45. The number of imide groups is 1. The molecule has 1 aliphatic rings. The van der Waals surface area contributed by atoms with Gasteiger partial charge >= 0.3 is 0 Å². The molecule has 1 atom stereocenters. The van der Waals surface area contributed by atoms with Gasteiger partial charge in [-0.15, -0.1) is 11.8 Å². The van der Waals surface area contributed by atoms with Crippen LogP contribution < -0.4 is 0 Å². The van der Waals surface area contributed by atoms with E-state index in [0.29, 0.717) is 17.8 Å². The van der Waals surface area contributed by atoms with E-state index in [2.05, 4.69) is 65.0 Å². The molecule has 2 rings (SSSR count). The number of hydrogen-bond acceptors (Lipinski definition) is 3. The Kier molecular flexibility index (Phi) is 7.94. The fourth-order valence-corrected chi connectivity index (χ4v) is 3.81. The summed E-state index contributed by atoms with van der Waals surface area (Å²) in [7, 11) is 0. The summed E-state index contributed by atoms with van der Waals surface area (Å²) in [6.07, 6.45) is 0.369. The molecule has 2 amide bonds. The van der Waals surface area contributed by atoms with Crippen LogP contribution in [0, 0.1) is 5.92 Å². The molecule has 1 saturated heterocycles. The van der Waals surface area contributed by atoms with Crippen LogP contribution in [-0.4, -0.2) is 33.3 Å². The molecular weight excluding hydrogens is 342 g/mol. The lowest BCUT2D eigenvalue weighted by Gasteiger charge is -2.30. The molecule has 0 radical (unpaired) electrons. The lowest BCUT2D eigenvalue weighted by molar-refractivity contribution is -0.143. The van der Waals surface area contributed by atoms with Gasteiger partial charge in [-0.25, -0.2) is 0 Å². The molecule has 1 aliphatic heterocycles. The Balaban J connectivity index is 0.000000289. The Morgan fingerprint density at radius 3 is 1.92 bits per heavy atom. The van der Waals surface area contributed by atoms with E-state index in [1.54, 1.807) is 11.8 Å². The fourth-order valence-electron chi connectivity index (χ4n) is 2.69. The zero-order chi connectivity index (χ0) is 20.1. The van der Waals surface area contributed by atoms with Crippen molar-refractivity contribution >= 4 is 23.6 Å². The topological polar surface area (TPSA) is 37.4 Å². The third-order valence-corrected chi connectivity index (χ3v) is 5.68. The Labute approximate surface area is 163 Å². The number of thioether (sulfide) groups is 1. The number of benzene rings is 1. The van der Waals surface area contributed by atoms with Gasteiger partial charge in [-0.1, -0.05) is 65.0 Å². The minimum absolute atomic E-state index is 0.0110. The second kappa shape index (κ2) is 9.07. The van der Waals surface area contributed by atoms with E-state index in [9.17, 15) is 9.59 Å². The van der Waals surface area contributed by atoms with Gasteiger partial charge in [-0.2, -0.15) is 0 Å². The summed E-state index contributed by atoms with van der Waals surface area (Å²) in [4.78, 5) is 25.3. The molecule has 1 aromatic rings. The van der Waals surface area contributed by atoms with Crippen molar-refractivity contribution in [3.63, 3.8) is 0 Å². The minimum Gasteiger partial charge on any atom is -0.276 e. The van der Waals surface area contributed by atoms with Gasteiger partial charge in [0.25, 0.3) is 0 Å². The molecule has 0 bridgehead atoms. The maximum atomic E-state index is 12.1. The molecule has 0 saturated carbocycles. The number of rotatable bonds is 3. The van der Waals surface area contributed by atoms with Crippen LogP contribution in [0.5, 0.6) is 0 Å². The molecular formula is C22H35NO2S. The highest BCUT2D eigenvalue weighted by Gasteiger charge is 2.44. The van der Waals surface area contributed by atoms with E-state index >= 15 is 0 Å². The first-order valence-electron chi connectivity index (χ1n) is 9.38. The first-order chi connectivity index (χ1) is 11.8. The molecule has 26 heavy (non-hydrogen) atoms. The quantitative estimate of drug-likeness (QED) is 0.672. The zero-order valence-electron chi connectivity index (χ0n) is 17.6. The molecule has 146 valence electrons. The maximum absolute atomic E-state index is 12.1. The first-order valence-corrected chi connectivity index (χ1v) is 10.4. The monoisotopic (exact) mass is 377 g/mol. The van der Waals surface area contributed by atoms with Crippen LogP contribution in [0.15, 0.2) is 30.3 Å². The predicted molar refractivity (Wildman–Crippen MR) is 112 cm³/mol. The third kappa shape index (κ3) is 6.79. The maximum Gasteiger partial charge on any atom is 0.243 e. The van der Waals surface area contributed by atoms with Crippen LogP contribution >= 0.6 is 11.8 Å². The van der Waals surface area contributed by atoms with Crippen molar-refractivity contribution in [3.8, 4) is 0 Å². The highest BCUT2D eigenvalue weighted by atomic mass is 32.2. The normalized spacial score (nSPS) is 18.2. The average Bonchev–Trinajstić information content (AvgIpc) is 2.80. The van der Waals surface area contributed by atoms with E-state index in [1.165, 1.54) is 10.5 Å². The molecule has 0 aromatic heterocycles. The standard InChI is InChI=1S/C12H21NO2S.C10H14/c1-8(2)7-16-9-6-10(14)13(11(9)15)12(3,4)5;1-10(2,3)9-7-5-4-6-8-9/h8-9H,6-7H2,1-5H3;4-8H,1-3H3. The number of likely N-dealkylation sites (tertiary alicyclic amines) is 1. The minimum atomic E-state index is -0.388. The van der Waals surface area contributed by atoms with Gasteiger partial charge < -0.3 is 0 Å². The number of amides is 2. The molecule has 0 spiro atoms. The zero-order valence-corrected chi connectivity index (χ0v) is 18.4. The van der Waals surface area contributed by atoms with Crippen molar-refractivity contribution in [1.29, 1.82) is 0 Å². The number of carbonyl (C=O) groups is 2. The van der Waals surface area contributed by atoms with E-state index in [4.69, 9.17) is 0 Å². The smallest absolute Gasteiger partial charge is 0.243 e. The van der Waals surface area contributed by atoms with Crippen molar-refractivity contribution in [1.82, 2.24) is 4.90 Å². The summed E-state index contributed by atoms with van der Waals surface area (Å²) in [5.41, 5.74) is 1.30.